The Kier molecular flexibility index (Phi) is 3.66. The zero-order valence-corrected chi connectivity index (χ0v) is 11.1. The van der Waals surface area contributed by atoms with Crippen LogP contribution in [0.4, 0.5) is 5.13 Å². The van der Waals surface area contributed by atoms with E-state index in [1.165, 1.54) is 30.6 Å². The number of carboxylic acid groups (broad SMARTS) is 1. The fourth-order valence-electron chi connectivity index (χ4n) is 1.99. The summed E-state index contributed by atoms with van der Waals surface area (Å²) in [5.74, 6) is -0.848. The zero-order chi connectivity index (χ0) is 12.4. The number of aromatic nitrogens is 1. The second-order valence-electron chi connectivity index (χ2n) is 4.52. The van der Waals surface area contributed by atoms with Gasteiger partial charge in [-0.3, -0.25) is 0 Å². The van der Waals surface area contributed by atoms with Gasteiger partial charge in [0.15, 0.2) is 5.13 Å². The average Bonchev–Trinajstić information content (AvgIpc) is 2.59. The van der Waals surface area contributed by atoms with Crippen LogP contribution in [-0.2, 0) is 6.42 Å². The van der Waals surface area contributed by atoms with E-state index in [0.29, 0.717) is 10.9 Å². The van der Waals surface area contributed by atoms with Gasteiger partial charge in [-0.2, -0.15) is 0 Å². The third kappa shape index (κ3) is 2.44. The molecule has 1 aliphatic rings. The van der Waals surface area contributed by atoms with E-state index in [9.17, 15) is 4.79 Å². The van der Waals surface area contributed by atoms with E-state index in [1.807, 2.05) is 14.0 Å². The first-order valence-electron chi connectivity index (χ1n) is 6.09. The number of anilines is 1. The molecule has 2 rings (SSSR count). The number of aryl methyl sites for hydroxylation is 1. The second-order valence-corrected chi connectivity index (χ2v) is 5.50. The van der Waals surface area contributed by atoms with Crippen LogP contribution in [-0.4, -0.2) is 29.1 Å². The van der Waals surface area contributed by atoms with Gasteiger partial charge in [0.2, 0.25) is 0 Å². The molecule has 94 valence electrons. The van der Waals surface area contributed by atoms with Crippen LogP contribution in [0.2, 0.25) is 0 Å². The predicted molar refractivity (Wildman–Crippen MR) is 69.1 cm³/mol. The van der Waals surface area contributed by atoms with Crippen LogP contribution in [0.5, 0.6) is 0 Å². The number of hydrogen-bond donors (Lipinski definition) is 1. The van der Waals surface area contributed by atoms with E-state index in [2.05, 4.69) is 9.88 Å². The Bertz CT molecular complexity index is 413. The summed E-state index contributed by atoms with van der Waals surface area (Å²) in [6, 6.07) is 0.553. The van der Waals surface area contributed by atoms with Gasteiger partial charge >= 0.3 is 5.97 Å². The molecule has 1 aliphatic carbocycles. The summed E-state index contributed by atoms with van der Waals surface area (Å²) in [4.78, 5) is 18.2. The minimum Gasteiger partial charge on any atom is -0.477 e. The summed E-state index contributed by atoms with van der Waals surface area (Å²) >= 11 is 1.31. The van der Waals surface area contributed by atoms with Crippen molar-refractivity contribution in [2.75, 3.05) is 11.9 Å². The fourth-order valence-corrected chi connectivity index (χ4v) is 2.98. The third-order valence-electron chi connectivity index (χ3n) is 3.29. The molecule has 0 radical (unpaired) electrons. The maximum absolute atomic E-state index is 11.1. The molecule has 1 saturated carbocycles. The minimum atomic E-state index is -0.848. The molecule has 1 aromatic rings. The molecular formula is C12H18N2O2S. The highest BCUT2D eigenvalue weighted by Crippen LogP contribution is 2.32. The first-order chi connectivity index (χ1) is 8.13. The van der Waals surface area contributed by atoms with E-state index in [4.69, 9.17) is 5.11 Å². The van der Waals surface area contributed by atoms with E-state index in [-0.39, 0.29) is 0 Å². The third-order valence-corrected chi connectivity index (χ3v) is 4.47. The minimum absolute atomic E-state index is 0.410. The van der Waals surface area contributed by atoms with Crippen molar-refractivity contribution < 1.29 is 9.90 Å². The summed E-state index contributed by atoms with van der Waals surface area (Å²) in [6.45, 7) is 2.04. The smallest absolute Gasteiger partial charge is 0.347 e. The largest absolute Gasteiger partial charge is 0.477 e. The van der Waals surface area contributed by atoms with Crippen molar-refractivity contribution in [1.82, 2.24) is 4.98 Å². The van der Waals surface area contributed by atoms with Gasteiger partial charge in [0.05, 0.1) is 5.69 Å². The molecule has 0 spiro atoms. The Morgan fingerprint density at radius 3 is 2.76 bits per heavy atom. The number of rotatable bonds is 5. The Labute approximate surface area is 105 Å². The predicted octanol–water partition coefficient (Wildman–Crippen LogP) is 2.78. The molecule has 1 heterocycles. The van der Waals surface area contributed by atoms with Crippen molar-refractivity contribution >= 4 is 22.4 Å². The summed E-state index contributed by atoms with van der Waals surface area (Å²) in [5, 5.41) is 10.0. The lowest BCUT2D eigenvalue weighted by Gasteiger charge is -2.34. The van der Waals surface area contributed by atoms with Crippen LogP contribution in [0.3, 0.4) is 0 Å². The molecule has 0 aromatic carbocycles. The number of thiazole rings is 1. The molecule has 0 atom stereocenters. The Morgan fingerprint density at radius 1 is 1.59 bits per heavy atom. The average molecular weight is 254 g/mol. The van der Waals surface area contributed by atoms with E-state index in [1.54, 1.807) is 0 Å². The molecule has 4 nitrogen and oxygen atoms in total. The van der Waals surface area contributed by atoms with Gasteiger partial charge in [0.1, 0.15) is 4.88 Å². The Balaban J connectivity index is 2.22. The van der Waals surface area contributed by atoms with Gasteiger partial charge in [0, 0.05) is 13.1 Å². The lowest BCUT2D eigenvalue weighted by atomic mass is 9.92. The fraction of sp³-hybridized carbons (Fsp3) is 0.667. The first kappa shape index (κ1) is 12.4. The van der Waals surface area contributed by atoms with Crippen LogP contribution in [0.15, 0.2) is 0 Å². The second kappa shape index (κ2) is 5.04. The topological polar surface area (TPSA) is 53.4 Å². The lowest BCUT2D eigenvalue weighted by molar-refractivity contribution is 0.0700. The SMILES string of the molecule is CCCc1nc(N(C)C2CCC2)sc1C(=O)O. The first-order valence-corrected chi connectivity index (χ1v) is 6.91. The standard InChI is InChI=1S/C12H18N2O2S/c1-3-5-9-10(11(15)16)17-12(13-9)14(2)8-6-4-7-8/h8H,3-7H2,1-2H3,(H,15,16). The van der Waals surface area contributed by atoms with Crippen LogP contribution < -0.4 is 4.90 Å². The van der Waals surface area contributed by atoms with E-state index >= 15 is 0 Å². The maximum atomic E-state index is 11.1. The normalized spacial score (nSPS) is 15.6. The highest BCUT2D eigenvalue weighted by atomic mass is 32.1. The van der Waals surface area contributed by atoms with E-state index < -0.39 is 5.97 Å². The lowest BCUT2D eigenvalue weighted by Crippen LogP contribution is -2.37. The molecule has 0 saturated heterocycles. The number of hydrogen-bond acceptors (Lipinski definition) is 4. The molecule has 5 heteroatoms. The van der Waals surface area contributed by atoms with Gasteiger partial charge in [-0.1, -0.05) is 24.7 Å². The van der Waals surface area contributed by atoms with Crippen molar-refractivity contribution in [2.24, 2.45) is 0 Å². The van der Waals surface area contributed by atoms with Crippen molar-refractivity contribution in [3.05, 3.63) is 10.6 Å². The number of carbonyl (C=O) groups is 1. The van der Waals surface area contributed by atoms with E-state index in [0.717, 1.165) is 23.7 Å². The van der Waals surface area contributed by atoms with Gasteiger partial charge in [-0.25, -0.2) is 9.78 Å². The monoisotopic (exact) mass is 254 g/mol. The number of carboxylic acids is 1. The zero-order valence-electron chi connectivity index (χ0n) is 10.3. The summed E-state index contributed by atoms with van der Waals surface area (Å²) in [7, 11) is 2.02. The molecule has 0 amide bonds. The summed E-state index contributed by atoms with van der Waals surface area (Å²) in [6.07, 6.45) is 5.34. The highest BCUT2D eigenvalue weighted by molar-refractivity contribution is 7.17. The van der Waals surface area contributed by atoms with Crippen molar-refractivity contribution in [3.63, 3.8) is 0 Å². The van der Waals surface area contributed by atoms with Crippen molar-refractivity contribution in [3.8, 4) is 0 Å². The summed E-state index contributed by atoms with van der Waals surface area (Å²) in [5.41, 5.74) is 0.742. The van der Waals surface area contributed by atoms with Crippen molar-refractivity contribution in [2.45, 2.75) is 45.1 Å². The molecule has 1 aromatic heterocycles. The van der Waals surface area contributed by atoms with Gasteiger partial charge in [-0.15, -0.1) is 0 Å². The molecule has 0 unspecified atom stereocenters. The Morgan fingerprint density at radius 2 is 2.29 bits per heavy atom. The van der Waals surface area contributed by atoms with Gasteiger partial charge < -0.3 is 10.0 Å². The van der Waals surface area contributed by atoms with Crippen molar-refractivity contribution in [1.29, 1.82) is 0 Å². The van der Waals surface area contributed by atoms with Gasteiger partial charge in [0.25, 0.3) is 0 Å². The van der Waals surface area contributed by atoms with Crippen LogP contribution in [0.1, 0.15) is 48.0 Å². The maximum Gasteiger partial charge on any atom is 0.347 e. The molecule has 0 bridgehead atoms. The molecule has 0 aliphatic heterocycles. The quantitative estimate of drug-likeness (QED) is 0.878. The van der Waals surface area contributed by atoms with Crippen LogP contribution >= 0.6 is 11.3 Å². The molecule has 1 fully saturated rings. The number of aromatic carboxylic acids is 1. The molecular weight excluding hydrogens is 236 g/mol. The number of nitrogens with zero attached hydrogens (tertiary/aromatic N) is 2. The highest BCUT2D eigenvalue weighted by Gasteiger charge is 2.26. The Hall–Kier alpha value is -1.10. The summed E-state index contributed by atoms with van der Waals surface area (Å²) < 4.78 is 0. The van der Waals surface area contributed by atoms with Gasteiger partial charge in [-0.05, 0) is 25.7 Å². The molecule has 1 N–H and O–H groups in total. The van der Waals surface area contributed by atoms with Crippen LogP contribution in [0.25, 0.3) is 0 Å². The van der Waals surface area contributed by atoms with Crippen LogP contribution in [0, 0.1) is 0 Å². The molecule has 17 heavy (non-hydrogen) atoms.